The Balaban J connectivity index is 2.54. The summed E-state index contributed by atoms with van der Waals surface area (Å²) in [6.45, 7) is 5.05. The van der Waals surface area contributed by atoms with Crippen molar-refractivity contribution < 1.29 is 13.2 Å². The third-order valence-corrected chi connectivity index (χ3v) is 5.03. The minimum atomic E-state index is -3.49. The zero-order chi connectivity index (χ0) is 12.9. The van der Waals surface area contributed by atoms with E-state index in [2.05, 4.69) is 9.71 Å². The molecule has 0 aromatic carbocycles. The minimum absolute atomic E-state index is 0.186. The van der Waals surface area contributed by atoms with Gasteiger partial charge in [0.1, 0.15) is 0 Å². The van der Waals surface area contributed by atoms with Crippen LogP contribution in [0.2, 0.25) is 0 Å². The molecule has 98 valence electrons. The van der Waals surface area contributed by atoms with Crippen molar-refractivity contribution in [2.75, 3.05) is 25.5 Å². The molecule has 0 radical (unpaired) electrons. The highest BCUT2D eigenvalue weighted by Crippen LogP contribution is 2.24. The van der Waals surface area contributed by atoms with Crippen LogP contribution < -0.4 is 10.5 Å². The predicted molar refractivity (Wildman–Crippen MR) is 67.6 cm³/mol. The summed E-state index contributed by atoms with van der Waals surface area (Å²) < 4.78 is 31.5. The molecule has 0 bridgehead atoms. The summed E-state index contributed by atoms with van der Waals surface area (Å²) in [5, 5.41) is 0.261. The molecule has 0 saturated carbocycles. The van der Waals surface area contributed by atoms with Crippen molar-refractivity contribution in [1.82, 2.24) is 9.71 Å². The number of thiazole rings is 1. The fraction of sp³-hybridized carbons (Fsp3) is 0.667. The topological polar surface area (TPSA) is 94.3 Å². The van der Waals surface area contributed by atoms with Crippen molar-refractivity contribution in [1.29, 1.82) is 0 Å². The number of nitrogen functional groups attached to an aromatic ring is 1. The molecule has 0 amide bonds. The Bertz CT molecular complexity index is 456. The fourth-order valence-electron chi connectivity index (χ4n) is 1.24. The molecule has 0 saturated heterocycles. The quantitative estimate of drug-likeness (QED) is 0.718. The number of aryl methyl sites for hydroxylation is 1. The molecule has 3 N–H and O–H groups in total. The highest BCUT2D eigenvalue weighted by Gasteiger charge is 2.20. The highest BCUT2D eigenvalue weighted by atomic mass is 32.2. The molecule has 0 aliphatic rings. The van der Waals surface area contributed by atoms with Gasteiger partial charge in [-0.15, -0.1) is 0 Å². The van der Waals surface area contributed by atoms with Crippen LogP contribution in [0.25, 0.3) is 0 Å². The zero-order valence-electron chi connectivity index (χ0n) is 9.89. The Labute approximate surface area is 105 Å². The average molecular weight is 279 g/mol. The lowest BCUT2D eigenvalue weighted by atomic mass is 10.5. The van der Waals surface area contributed by atoms with Gasteiger partial charge in [-0.3, -0.25) is 0 Å². The third-order valence-electron chi connectivity index (χ3n) is 1.98. The normalized spacial score (nSPS) is 11.9. The van der Waals surface area contributed by atoms with Crippen LogP contribution in [0.15, 0.2) is 4.21 Å². The molecule has 17 heavy (non-hydrogen) atoms. The second kappa shape index (κ2) is 6.29. The first-order chi connectivity index (χ1) is 7.97. The Hall–Kier alpha value is -0.700. The molecule has 6 nitrogen and oxygen atoms in total. The van der Waals surface area contributed by atoms with Crippen molar-refractivity contribution in [3.05, 3.63) is 5.69 Å². The van der Waals surface area contributed by atoms with E-state index in [0.29, 0.717) is 31.9 Å². The van der Waals surface area contributed by atoms with Gasteiger partial charge < -0.3 is 10.5 Å². The Morgan fingerprint density at radius 3 is 2.76 bits per heavy atom. The molecule has 1 aromatic heterocycles. The number of nitrogens with one attached hydrogen (secondary N) is 1. The van der Waals surface area contributed by atoms with Crippen LogP contribution in [-0.2, 0) is 14.8 Å². The maximum absolute atomic E-state index is 11.9. The molecule has 0 atom stereocenters. The van der Waals surface area contributed by atoms with E-state index in [1.54, 1.807) is 6.92 Å². The van der Waals surface area contributed by atoms with Gasteiger partial charge in [0.2, 0.25) is 0 Å². The summed E-state index contributed by atoms with van der Waals surface area (Å²) >= 11 is 0.975. The zero-order valence-corrected chi connectivity index (χ0v) is 11.5. The van der Waals surface area contributed by atoms with Crippen molar-refractivity contribution >= 4 is 26.5 Å². The van der Waals surface area contributed by atoms with Gasteiger partial charge in [-0.1, -0.05) is 11.3 Å². The van der Waals surface area contributed by atoms with Crippen LogP contribution in [-0.4, -0.2) is 33.2 Å². The van der Waals surface area contributed by atoms with Crippen LogP contribution in [0.5, 0.6) is 0 Å². The molecular formula is C9H17N3O3S2. The number of sulfonamides is 1. The van der Waals surface area contributed by atoms with E-state index in [0.717, 1.165) is 11.3 Å². The van der Waals surface area contributed by atoms with Crippen LogP contribution in [0.1, 0.15) is 19.0 Å². The van der Waals surface area contributed by atoms with E-state index in [9.17, 15) is 8.42 Å². The van der Waals surface area contributed by atoms with Gasteiger partial charge in [0.15, 0.2) is 9.34 Å². The van der Waals surface area contributed by atoms with E-state index in [1.165, 1.54) is 0 Å². The number of anilines is 1. The molecule has 1 rings (SSSR count). The maximum Gasteiger partial charge on any atom is 0.252 e. The van der Waals surface area contributed by atoms with Gasteiger partial charge in [-0.25, -0.2) is 18.1 Å². The number of hydrogen-bond acceptors (Lipinski definition) is 6. The largest absolute Gasteiger partial charge is 0.382 e. The fourth-order valence-corrected chi connectivity index (χ4v) is 3.66. The van der Waals surface area contributed by atoms with Crippen molar-refractivity contribution in [3.8, 4) is 0 Å². The van der Waals surface area contributed by atoms with E-state index < -0.39 is 10.0 Å². The molecule has 0 aliphatic carbocycles. The average Bonchev–Trinajstić information content (AvgIpc) is 2.58. The molecule has 0 spiro atoms. The molecule has 0 fully saturated rings. The van der Waals surface area contributed by atoms with E-state index in [4.69, 9.17) is 10.5 Å². The lowest BCUT2D eigenvalue weighted by Crippen LogP contribution is -2.25. The second-order valence-corrected chi connectivity index (χ2v) is 6.37. The Morgan fingerprint density at radius 1 is 1.53 bits per heavy atom. The van der Waals surface area contributed by atoms with Gasteiger partial charge in [-0.05, 0) is 20.3 Å². The third kappa shape index (κ3) is 4.23. The SMILES string of the molecule is CCOCCCNS(=O)(=O)c1sc(N)nc1C. The monoisotopic (exact) mass is 279 g/mol. The second-order valence-electron chi connectivity index (χ2n) is 3.37. The lowest BCUT2D eigenvalue weighted by Gasteiger charge is -2.05. The van der Waals surface area contributed by atoms with Gasteiger partial charge in [0, 0.05) is 19.8 Å². The molecule has 1 aromatic rings. The molecule has 1 heterocycles. The first kappa shape index (κ1) is 14.4. The minimum Gasteiger partial charge on any atom is -0.382 e. The Kier molecular flexibility index (Phi) is 5.31. The highest BCUT2D eigenvalue weighted by molar-refractivity contribution is 7.91. The van der Waals surface area contributed by atoms with E-state index in [1.807, 2.05) is 6.92 Å². The molecule has 0 aliphatic heterocycles. The summed E-state index contributed by atoms with van der Waals surface area (Å²) in [6, 6.07) is 0. The van der Waals surface area contributed by atoms with E-state index in [-0.39, 0.29) is 9.34 Å². The van der Waals surface area contributed by atoms with Crippen LogP contribution >= 0.6 is 11.3 Å². The number of nitrogens with zero attached hydrogens (tertiary/aromatic N) is 1. The van der Waals surface area contributed by atoms with Gasteiger partial charge in [0.05, 0.1) is 5.69 Å². The smallest absolute Gasteiger partial charge is 0.252 e. The van der Waals surface area contributed by atoms with Crippen LogP contribution in [0, 0.1) is 6.92 Å². The maximum atomic E-state index is 11.9. The van der Waals surface area contributed by atoms with Gasteiger partial charge in [-0.2, -0.15) is 0 Å². The van der Waals surface area contributed by atoms with Crippen molar-refractivity contribution in [3.63, 3.8) is 0 Å². The van der Waals surface area contributed by atoms with Gasteiger partial charge in [0.25, 0.3) is 10.0 Å². The predicted octanol–water partition coefficient (Wildman–Crippen LogP) is 0.739. The number of aromatic nitrogens is 1. The summed E-state index contributed by atoms with van der Waals surface area (Å²) in [4.78, 5) is 3.89. The van der Waals surface area contributed by atoms with Gasteiger partial charge >= 0.3 is 0 Å². The number of hydrogen-bond donors (Lipinski definition) is 2. The first-order valence-corrected chi connectivity index (χ1v) is 7.57. The lowest BCUT2D eigenvalue weighted by molar-refractivity contribution is 0.146. The molecular weight excluding hydrogens is 262 g/mol. The number of nitrogens with two attached hydrogens (primary N) is 1. The summed E-state index contributed by atoms with van der Waals surface area (Å²) in [5.41, 5.74) is 5.90. The summed E-state index contributed by atoms with van der Waals surface area (Å²) in [7, 11) is -3.49. The molecule has 0 unspecified atom stereocenters. The standard InChI is InChI=1S/C9H17N3O3S2/c1-3-15-6-4-5-11-17(13,14)8-7(2)12-9(10)16-8/h11H,3-6H2,1-2H3,(H2,10,12). The Morgan fingerprint density at radius 2 is 2.24 bits per heavy atom. The summed E-state index contributed by atoms with van der Waals surface area (Å²) in [5.74, 6) is 0. The molecule has 8 heteroatoms. The van der Waals surface area contributed by atoms with Crippen molar-refractivity contribution in [2.24, 2.45) is 0 Å². The van der Waals surface area contributed by atoms with Crippen molar-refractivity contribution in [2.45, 2.75) is 24.5 Å². The van der Waals surface area contributed by atoms with Crippen LogP contribution in [0.3, 0.4) is 0 Å². The number of ether oxygens (including phenoxy) is 1. The van der Waals surface area contributed by atoms with Crippen LogP contribution in [0.4, 0.5) is 5.13 Å². The van der Waals surface area contributed by atoms with E-state index >= 15 is 0 Å². The summed E-state index contributed by atoms with van der Waals surface area (Å²) in [6.07, 6.45) is 0.639. The number of rotatable bonds is 7. The first-order valence-electron chi connectivity index (χ1n) is 5.27.